The fourth-order valence-electron chi connectivity index (χ4n) is 0.714. The smallest absolute Gasteiger partial charge is 0.334 e. The Labute approximate surface area is 74.2 Å². The Morgan fingerprint density at radius 3 is 2.15 bits per heavy atom. The van der Waals surface area contributed by atoms with Gasteiger partial charge in [-0.2, -0.15) is 0 Å². The second-order valence-corrected chi connectivity index (χ2v) is 2.61. The van der Waals surface area contributed by atoms with Gasteiger partial charge >= 0.3 is 5.97 Å². The van der Waals surface area contributed by atoms with E-state index >= 15 is 0 Å². The molecule has 0 saturated carbocycles. The molecule has 0 heterocycles. The number of amides is 1. The van der Waals surface area contributed by atoms with E-state index in [9.17, 15) is 18.4 Å². The number of ether oxygens (including phenoxy) is 1. The van der Waals surface area contributed by atoms with Crippen molar-refractivity contribution >= 4 is 11.9 Å². The van der Waals surface area contributed by atoms with Crippen molar-refractivity contribution in [3.05, 3.63) is 0 Å². The summed E-state index contributed by atoms with van der Waals surface area (Å²) in [7, 11) is 0.975. The number of hydrogen-bond donors (Lipinski definition) is 1. The van der Waals surface area contributed by atoms with E-state index in [-0.39, 0.29) is 0 Å². The van der Waals surface area contributed by atoms with Crippen molar-refractivity contribution in [2.24, 2.45) is 0 Å². The van der Waals surface area contributed by atoms with Crippen LogP contribution in [0.3, 0.4) is 0 Å². The Kier molecular flexibility index (Phi) is 3.77. The molecule has 0 rings (SSSR count). The molecule has 1 atom stereocenters. The lowest BCUT2D eigenvalue weighted by Gasteiger charge is -2.21. The Balaban J connectivity index is 4.56. The van der Waals surface area contributed by atoms with Gasteiger partial charge in [-0.05, 0) is 0 Å². The molecule has 0 aliphatic carbocycles. The number of rotatable bonds is 3. The number of carbonyl (C=O) groups is 2. The molecule has 0 aliphatic rings. The maximum absolute atomic E-state index is 12.7. The first-order valence-corrected chi connectivity index (χ1v) is 3.51. The molecule has 0 fully saturated rings. The lowest BCUT2D eigenvalue weighted by Crippen LogP contribution is -2.51. The molecule has 0 radical (unpaired) electrons. The van der Waals surface area contributed by atoms with Gasteiger partial charge in [-0.25, -0.2) is 13.6 Å². The number of esters is 1. The van der Waals surface area contributed by atoms with Gasteiger partial charge < -0.3 is 10.1 Å². The van der Waals surface area contributed by atoms with E-state index in [1.54, 1.807) is 0 Å². The first-order valence-electron chi connectivity index (χ1n) is 3.51. The predicted molar refractivity (Wildman–Crippen MR) is 40.2 cm³/mol. The average Bonchev–Trinajstić information content (AvgIpc) is 1.96. The molecule has 0 aromatic rings. The van der Waals surface area contributed by atoms with Crippen molar-refractivity contribution in [2.75, 3.05) is 7.11 Å². The molecule has 6 heteroatoms. The second-order valence-electron chi connectivity index (χ2n) is 2.61. The first-order chi connectivity index (χ1) is 5.79. The second kappa shape index (κ2) is 4.15. The minimum Gasteiger partial charge on any atom is -0.467 e. The number of methoxy groups -OCH3 is 1. The highest BCUT2D eigenvalue weighted by Gasteiger charge is 2.41. The van der Waals surface area contributed by atoms with Gasteiger partial charge in [0.05, 0.1) is 7.11 Å². The molecule has 1 amide bonds. The molecular weight excluding hydrogens is 184 g/mol. The molecule has 0 spiro atoms. The van der Waals surface area contributed by atoms with Crippen molar-refractivity contribution in [1.82, 2.24) is 5.32 Å². The molecule has 0 aromatic carbocycles. The monoisotopic (exact) mass is 195 g/mol. The normalized spacial score (nSPS) is 13.3. The zero-order valence-corrected chi connectivity index (χ0v) is 7.56. The van der Waals surface area contributed by atoms with Gasteiger partial charge in [-0.1, -0.05) is 0 Å². The molecule has 13 heavy (non-hydrogen) atoms. The molecule has 0 saturated heterocycles. The van der Waals surface area contributed by atoms with Gasteiger partial charge in [0.1, 0.15) is 0 Å². The fraction of sp³-hybridized carbons (Fsp3) is 0.714. The van der Waals surface area contributed by atoms with Crippen LogP contribution in [-0.2, 0) is 14.3 Å². The summed E-state index contributed by atoms with van der Waals surface area (Å²) in [6.45, 7) is 1.58. The van der Waals surface area contributed by atoms with Crippen molar-refractivity contribution in [1.29, 1.82) is 0 Å². The third-order valence-electron chi connectivity index (χ3n) is 1.29. The van der Waals surface area contributed by atoms with Gasteiger partial charge in [0.15, 0.2) is 6.04 Å². The average molecular weight is 195 g/mol. The van der Waals surface area contributed by atoms with E-state index in [2.05, 4.69) is 4.74 Å². The number of halogens is 2. The molecule has 0 aliphatic heterocycles. The SMILES string of the molecule is COC(=O)C(NC(C)=O)C(C)(F)F. The predicted octanol–water partition coefficient (Wildman–Crippen LogP) is 0.319. The van der Waals surface area contributed by atoms with Crippen LogP contribution in [0.5, 0.6) is 0 Å². The molecule has 0 aromatic heterocycles. The minimum atomic E-state index is -3.33. The van der Waals surface area contributed by atoms with Crippen molar-refractivity contribution in [3.63, 3.8) is 0 Å². The third kappa shape index (κ3) is 3.82. The van der Waals surface area contributed by atoms with Crippen LogP contribution in [0.25, 0.3) is 0 Å². The maximum atomic E-state index is 12.7. The largest absolute Gasteiger partial charge is 0.467 e. The van der Waals surface area contributed by atoms with E-state index in [0.29, 0.717) is 6.92 Å². The number of hydrogen-bond acceptors (Lipinski definition) is 3. The lowest BCUT2D eigenvalue weighted by atomic mass is 10.1. The fourth-order valence-corrected chi connectivity index (χ4v) is 0.714. The summed E-state index contributed by atoms with van der Waals surface area (Å²) in [5.41, 5.74) is 0. The van der Waals surface area contributed by atoms with Crippen LogP contribution in [0, 0.1) is 0 Å². The highest BCUT2D eigenvalue weighted by Crippen LogP contribution is 2.18. The van der Waals surface area contributed by atoms with Crippen LogP contribution in [0.2, 0.25) is 0 Å². The molecular formula is C7H11F2NO3. The van der Waals surface area contributed by atoms with Gasteiger partial charge in [-0.3, -0.25) is 4.79 Å². The van der Waals surface area contributed by atoms with Crippen LogP contribution in [-0.4, -0.2) is 31.0 Å². The summed E-state index contributed by atoms with van der Waals surface area (Å²) in [4.78, 5) is 21.2. The van der Waals surface area contributed by atoms with Crippen molar-refractivity contribution in [2.45, 2.75) is 25.8 Å². The zero-order chi connectivity index (χ0) is 10.6. The summed E-state index contributed by atoms with van der Waals surface area (Å²) in [5.74, 6) is -5.21. The molecule has 76 valence electrons. The van der Waals surface area contributed by atoms with Gasteiger partial charge in [0, 0.05) is 13.8 Å². The van der Waals surface area contributed by atoms with Crippen LogP contribution in [0.4, 0.5) is 8.78 Å². The van der Waals surface area contributed by atoms with Gasteiger partial charge in [-0.15, -0.1) is 0 Å². The minimum absolute atomic E-state index is 0.532. The summed E-state index contributed by atoms with van der Waals surface area (Å²) >= 11 is 0. The summed E-state index contributed by atoms with van der Waals surface area (Å²) in [6, 6.07) is -1.92. The van der Waals surface area contributed by atoms with E-state index in [1.165, 1.54) is 0 Å². The lowest BCUT2D eigenvalue weighted by molar-refractivity contribution is -0.155. The third-order valence-corrected chi connectivity index (χ3v) is 1.29. The molecule has 4 nitrogen and oxygen atoms in total. The van der Waals surface area contributed by atoms with Crippen molar-refractivity contribution < 1.29 is 23.1 Å². The summed E-state index contributed by atoms with van der Waals surface area (Å²) < 4.78 is 29.4. The Morgan fingerprint density at radius 2 is 1.92 bits per heavy atom. The number of alkyl halides is 2. The van der Waals surface area contributed by atoms with Gasteiger partial charge in [0.2, 0.25) is 5.91 Å². The summed E-state index contributed by atoms with van der Waals surface area (Å²) in [6.07, 6.45) is 0. The van der Waals surface area contributed by atoms with Crippen LogP contribution >= 0.6 is 0 Å². The topological polar surface area (TPSA) is 55.4 Å². The van der Waals surface area contributed by atoms with Crippen molar-refractivity contribution in [3.8, 4) is 0 Å². The van der Waals surface area contributed by atoms with E-state index in [4.69, 9.17) is 0 Å². The Morgan fingerprint density at radius 1 is 1.46 bits per heavy atom. The highest BCUT2D eigenvalue weighted by molar-refractivity contribution is 5.84. The van der Waals surface area contributed by atoms with Crippen LogP contribution in [0.1, 0.15) is 13.8 Å². The quantitative estimate of drug-likeness (QED) is 0.660. The maximum Gasteiger partial charge on any atom is 0.334 e. The highest BCUT2D eigenvalue weighted by atomic mass is 19.3. The Bertz CT molecular complexity index is 212. The molecule has 1 unspecified atom stereocenters. The summed E-state index contributed by atoms with van der Waals surface area (Å²) in [5, 5.41) is 1.81. The number of nitrogens with one attached hydrogen (secondary N) is 1. The zero-order valence-electron chi connectivity index (χ0n) is 7.56. The molecule has 0 bridgehead atoms. The van der Waals surface area contributed by atoms with Crippen LogP contribution in [0.15, 0.2) is 0 Å². The van der Waals surface area contributed by atoms with E-state index < -0.39 is 23.8 Å². The Hall–Kier alpha value is -1.20. The number of carbonyl (C=O) groups excluding carboxylic acids is 2. The first kappa shape index (κ1) is 11.8. The van der Waals surface area contributed by atoms with Gasteiger partial charge in [0.25, 0.3) is 5.92 Å². The van der Waals surface area contributed by atoms with E-state index in [1.807, 2.05) is 5.32 Å². The standard InChI is InChI=1S/C7H11F2NO3/c1-4(11)10-5(6(12)13-3)7(2,8)9/h5H,1-3H3,(H,10,11). The van der Waals surface area contributed by atoms with Crippen LogP contribution < -0.4 is 5.32 Å². The van der Waals surface area contributed by atoms with E-state index in [0.717, 1.165) is 14.0 Å². The molecule has 1 N–H and O–H groups in total.